The topological polar surface area (TPSA) is 3.24 Å². The Balaban J connectivity index is 4.76. The van der Waals surface area contributed by atoms with E-state index in [9.17, 15) is 0 Å². The molecule has 0 bridgehead atoms. The van der Waals surface area contributed by atoms with Gasteiger partial charge in [-0.1, -0.05) is 51.4 Å². The van der Waals surface area contributed by atoms with Crippen molar-refractivity contribution in [2.45, 2.75) is 46.2 Å². The standard InChI is InChI=1S/C11H25NSi2/c1-8-9-10-11-12(13(2,3)4)14(5,6)7/h8-11H,1-7H3/b9-8+,11-10+. The van der Waals surface area contributed by atoms with Crippen molar-refractivity contribution >= 4 is 16.5 Å². The maximum atomic E-state index is 2.65. The lowest BCUT2D eigenvalue weighted by atomic mass is 10.5. The number of nitrogens with zero attached hydrogens (tertiary/aromatic N) is 1. The minimum Gasteiger partial charge on any atom is -0.431 e. The van der Waals surface area contributed by atoms with Crippen LogP contribution in [0.2, 0.25) is 39.3 Å². The molecule has 0 aromatic heterocycles. The van der Waals surface area contributed by atoms with Crippen molar-refractivity contribution in [3.8, 4) is 0 Å². The lowest BCUT2D eigenvalue weighted by molar-refractivity contribution is 0.831. The highest BCUT2D eigenvalue weighted by atomic mass is 28.4. The van der Waals surface area contributed by atoms with E-state index in [0.717, 1.165) is 0 Å². The van der Waals surface area contributed by atoms with Crippen LogP contribution < -0.4 is 0 Å². The number of hydrogen-bond donors (Lipinski definition) is 0. The molecule has 0 atom stereocenters. The minimum atomic E-state index is -1.20. The monoisotopic (exact) mass is 227 g/mol. The predicted molar refractivity (Wildman–Crippen MR) is 72.5 cm³/mol. The average Bonchev–Trinajstić information content (AvgIpc) is 1.92. The van der Waals surface area contributed by atoms with Gasteiger partial charge in [0.2, 0.25) is 0 Å². The maximum Gasteiger partial charge on any atom is 0.138 e. The summed E-state index contributed by atoms with van der Waals surface area (Å²) in [6.45, 7) is 16.5. The second-order valence-electron chi connectivity index (χ2n) is 5.58. The molecular formula is C11H25NSi2. The first-order chi connectivity index (χ1) is 6.19. The maximum absolute atomic E-state index is 2.65. The van der Waals surface area contributed by atoms with E-state index < -0.39 is 16.5 Å². The molecule has 0 aliphatic carbocycles. The smallest absolute Gasteiger partial charge is 0.138 e. The van der Waals surface area contributed by atoms with Gasteiger partial charge in [0.05, 0.1) is 0 Å². The molecule has 0 spiro atoms. The zero-order valence-electron chi connectivity index (χ0n) is 10.8. The van der Waals surface area contributed by atoms with Crippen LogP contribution in [0.15, 0.2) is 24.4 Å². The number of rotatable bonds is 4. The van der Waals surface area contributed by atoms with Crippen molar-refractivity contribution in [3.05, 3.63) is 24.4 Å². The van der Waals surface area contributed by atoms with E-state index in [2.05, 4.69) is 74.9 Å². The molecular weight excluding hydrogens is 202 g/mol. The number of allylic oxidation sites excluding steroid dienone is 3. The Kier molecular flexibility index (Phi) is 4.88. The third kappa shape index (κ3) is 4.81. The molecule has 0 N–H and O–H groups in total. The molecule has 0 saturated carbocycles. The molecule has 1 nitrogen and oxygen atoms in total. The molecule has 0 heterocycles. The Hall–Kier alpha value is -0.286. The fourth-order valence-corrected chi connectivity index (χ4v) is 10.8. The van der Waals surface area contributed by atoms with Crippen LogP contribution in [0.3, 0.4) is 0 Å². The van der Waals surface area contributed by atoms with Crippen molar-refractivity contribution in [3.63, 3.8) is 0 Å². The van der Waals surface area contributed by atoms with Crippen LogP contribution in [0.5, 0.6) is 0 Å². The van der Waals surface area contributed by atoms with E-state index in [1.54, 1.807) is 0 Å². The lowest BCUT2D eigenvalue weighted by Crippen LogP contribution is -2.55. The van der Waals surface area contributed by atoms with Gasteiger partial charge in [0.25, 0.3) is 0 Å². The lowest BCUT2D eigenvalue weighted by Gasteiger charge is -2.43. The van der Waals surface area contributed by atoms with Gasteiger partial charge in [-0.25, -0.2) is 0 Å². The van der Waals surface area contributed by atoms with Gasteiger partial charge < -0.3 is 4.23 Å². The van der Waals surface area contributed by atoms with Gasteiger partial charge in [0, 0.05) is 0 Å². The van der Waals surface area contributed by atoms with E-state index in [0.29, 0.717) is 0 Å². The quantitative estimate of drug-likeness (QED) is 0.517. The summed E-state index contributed by atoms with van der Waals surface area (Å²) in [4.78, 5) is 0. The second-order valence-corrected chi connectivity index (χ2v) is 15.7. The van der Waals surface area contributed by atoms with Gasteiger partial charge in [-0.2, -0.15) is 0 Å². The highest BCUT2D eigenvalue weighted by Crippen LogP contribution is 2.19. The Bertz CT molecular complexity index is 204. The van der Waals surface area contributed by atoms with Gasteiger partial charge in [0.15, 0.2) is 0 Å². The van der Waals surface area contributed by atoms with E-state index in [1.807, 2.05) is 0 Å². The number of hydrogen-bond acceptors (Lipinski definition) is 1. The minimum absolute atomic E-state index is 1.20. The molecule has 0 rings (SSSR count). The normalized spacial score (nSPS) is 14.2. The van der Waals surface area contributed by atoms with E-state index in [-0.39, 0.29) is 0 Å². The zero-order valence-corrected chi connectivity index (χ0v) is 12.8. The molecule has 0 unspecified atom stereocenters. The average molecular weight is 227 g/mol. The van der Waals surface area contributed by atoms with E-state index >= 15 is 0 Å². The first kappa shape index (κ1) is 13.7. The molecule has 82 valence electrons. The Morgan fingerprint density at radius 2 is 1.21 bits per heavy atom. The van der Waals surface area contributed by atoms with Crippen molar-refractivity contribution in [2.75, 3.05) is 0 Å². The summed E-state index contributed by atoms with van der Waals surface area (Å²) in [6.07, 6.45) is 8.63. The summed E-state index contributed by atoms with van der Waals surface area (Å²) in [5, 5.41) is 0. The molecule has 14 heavy (non-hydrogen) atoms. The summed E-state index contributed by atoms with van der Waals surface area (Å²) in [5.41, 5.74) is 0. The van der Waals surface area contributed by atoms with Gasteiger partial charge in [0.1, 0.15) is 16.5 Å². The molecule has 0 aliphatic heterocycles. The Morgan fingerprint density at radius 3 is 1.50 bits per heavy atom. The highest BCUT2D eigenvalue weighted by molar-refractivity contribution is 6.89. The zero-order chi connectivity index (χ0) is 11.4. The van der Waals surface area contributed by atoms with Crippen LogP contribution in [0.4, 0.5) is 0 Å². The highest BCUT2D eigenvalue weighted by Gasteiger charge is 2.31. The second kappa shape index (κ2) is 4.98. The van der Waals surface area contributed by atoms with Crippen LogP contribution in [-0.4, -0.2) is 20.7 Å². The van der Waals surface area contributed by atoms with Gasteiger partial charge in [-0.15, -0.1) is 0 Å². The summed E-state index contributed by atoms with van der Waals surface area (Å²) in [6, 6.07) is 0. The SMILES string of the molecule is C/C=C/C=C/N([Si](C)(C)C)[Si](C)(C)C. The fraction of sp³-hybridized carbons (Fsp3) is 0.636. The van der Waals surface area contributed by atoms with Crippen LogP contribution in [0.25, 0.3) is 0 Å². The van der Waals surface area contributed by atoms with Crippen molar-refractivity contribution < 1.29 is 0 Å². The van der Waals surface area contributed by atoms with Crippen molar-refractivity contribution in [1.29, 1.82) is 0 Å². The third-order valence-corrected chi connectivity index (χ3v) is 9.20. The molecule has 0 aromatic carbocycles. The molecule has 3 heteroatoms. The van der Waals surface area contributed by atoms with E-state index in [1.165, 1.54) is 0 Å². The summed E-state index contributed by atoms with van der Waals surface area (Å²) in [5.74, 6) is 0. The summed E-state index contributed by atoms with van der Waals surface area (Å²) < 4.78 is 2.65. The first-order valence-corrected chi connectivity index (χ1v) is 12.2. The molecule has 0 aliphatic rings. The first-order valence-electron chi connectivity index (χ1n) is 5.28. The predicted octanol–water partition coefficient (Wildman–Crippen LogP) is 4.05. The van der Waals surface area contributed by atoms with Crippen LogP contribution in [0.1, 0.15) is 6.92 Å². The third-order valence-electron chi connectivity index (χ3n) is 1.98. The van der Waals surface area contributed by atoms with Crippen LogP contribution in [-0.2, 0) is 0 Å². The van der Waals surface area contributed by atoms with E-state index in [4.69, 9.17) is 0 Å². The summed E-state index contributed by atoms with van der Waals surface area (Å²) in [7, 11) is -2.40. The Morgan fingerprint density at radius 1 is 0.786 bits per heavy atom. The van der Waals surface area contributed by atoms with Gasteiger partial charge in [-0.05, 0) is 19.2 Å². The molecule has 0 aromatic rings. The van der Waals surface area contributed by atoms with Gasteiger partial charge >= 0.3 is 0 Å². The van der Waals surface area contributed by atoms with Crippen molar-refractivity contribution in [1.82, 2.24) is 4.23 Å². The van der Waals surface area contributed by atoms with Crippen LogP contribution in [0, 0.1) is 0 Å². The fourth-order valence-electron chi connectivity index (χ4n) is 1.70. The summed E-state index contributed by atoms with van der Waals surface area (Å²) >= 11 is 0. The molecule has 0 amide bonds. The van der Waals surface area contributed by atoms with Crippen molar-refractivity contribution in [2.24, 2.45) is 0 Å². The largest absolute Gasteiger partial charge is 0.431 e. The molecule has 0 saturated heterocycles. The molecule has 0 radical (unpaired) electrons. The van der Waals surface area contributed by atoms with Crippen LogP contribution >= 0.6 is 0 Å². The van der Waals surface area contributed by atoms with Gasteiger partial charge in [-0.3, -0.25) is 0 Å². The Labute approximate surface area is 91.7 Å². The molecule has 0 fully saturated rings.